The third-order valence-corrected chi connectivity index (χ3v) is 4.96. The molecule has 2 aromatic rings. The highest BCUT2D eigenvalue weighted by Gasteiger charge is 2.23. The van der Waals surface area contributed by atoms with Crippen LogP contribution in [0.5, 0.6) is 0 Å². The molecule has 0 saturated carbocycles. The molecular weight excluding hydrogens is 288 g/mol. The minimum Gasteiger partial charge on any atom is -0.468 e. The molecule has 0 bridgehead atoms. The zero-order valence-electron chi connectivity index (χ0n) is 13.3. The second-order valence-electron chi connectivity index (χ2n) is 6.48. The highest BCUT2D eigenvalue weighted by atomic mass is 16.3. The van der Waals surface area contributed by atoms with Gasteiger partial charge in [-0.2, -0.15) is 0 Å². The van der Waals surface area contributed by atoms with Crippen LogP contribution in [0.4, 0.5) is 0 Å². The predicted octanol–water partition coefficient (Wildman–Crippen LogP) is 2.73. The van der Waals surface area contributed by atoms with Crippen molar-refractivity contribution < 1.29 is 9.21 Å². The van der Waals surface area contributed by atoms with Crippen molar-refractivity contribution in [2.45, 2.75) is 25.8 Å². The normalized spacial score (nSPS) is 18.2. The molecule has 1 aromatic heterocycles. The first kappa shape index (κ1) is 14.5. The lowest BCUT2D eigenvalue weighted by molar-refractivity contribution is 0.0620. The van der Waals surface area contributed by atoms with Crippen LogP contribution in [0.1, 0.15) is 33.7 Å². The van der Waals surface area contributed by atoms with Crippen LogP contribution in [-0.4, -0.2) is 41.9 Å². The fourth-order valence-corrected chi connectivity index (χ4v) is 3.62. The Kier molecular flexibility index (Phi) is 3.92. The van der Waals surface area contributed by atoms with E-state index in [1.54, 1.807) is 6.26 Å². The zero-order valence-corrected chi connectivity index (χ0v) is 13.3. The van der Waals surface area contributed by atoms with Crippen molar-refractivity contribution in [1.82, 2.24) is 9.80 Å². The van der Waals surface area contributed by atoms with Crippen LogP contribution < -0.4 is 0 Å². The number of benzene rings is 1. The second-order valence-corrected chi connectivity index (χ2v) is 6.48. The van der Waals surface area contributed by atoms with Gasteiger partial charge in [-0.05, 0) is 54.7 Å². The van der Waals surface area contributed by atoms with Crippen LogP contribution in [0.25, 0.3) is 0 Å². The van der Waals surface area contributed by atoms with Crippen molar-refractivity contribution >= 4 is 5.91 Å². The summed E-state index contributed by atoms with van der Waals surface area (Å²) in [7, 11) is 0. The Balaban J connectivity index is 1.37. The molecule has 1 amide bonds. The molecule has 23 heavy (non-hydrogen) atoms. The Bertz CT molecular complexity index is 685. The first-order chi connectivity index (χ1) is 11.3. The Morgan fingerprint density at radius 2 is 1.87 bits per heavy atom. The molecule has 1 fully saturated rings. The van der Waals surface area contributed by atoms with Gasteiger partial charge in [0.1, 0.15) is 5.76 Å². The number of rotatable bonds is 3. The SMILES string of the molecule is O=C(c1ccc2c(c1)CCC2)N1CCN(Cc2ccco2)CC1. The smallest absolute Gasteiger partial charge is 0.253 e. The molecule has 0 N–H and O–H groups in total. The molecule has 1 aliphatic heterocycles. The molecule has 1 aromatic carbocycles. The molecule has 120 valence electrons. The van der Waals surface area contributed by atoms with Gasteiger partial charge in [-0.15, -0.1) is 0 Å². The van der Waals surface area contributed by atoms with Crippen LogP contribution in [0.2, 0.25) is 0 Å². The lowest BCUT2D eigenvalue weighted by atomic mass is 10.1. The fraction of sp³-hybridized carbons (Fsp3) is 0.421. The van der Waals surface area contributed by atoms with E-state index in [1.807, 2.05) is 23.1 Å². The van der Waals surface area contributed by atoms with Crippen molar-refractivity contribution in [1.29, 1.82) is 0 Å². The summed E-state index contributed by atoms with van der Waals surface area (Å²) >= 11 is 0. The van der Waals surface area contributed by atoms with Gasteiger partial charge in [-0.3, -0.25) is 9.69 Å². The lowest BCUT2D eigenvalue weighted by Crippen LogP contribution is -2.48. The van der Waals surface area contributed by atoms with Crippen LogP contribution >= 0.6 is 0 Å². The summed E-state index contributed by atoms with van der Waals surface area (Å²) in [4.78, 5) is 17.0. The van der Waals surface area contributed by atoms with Crippen molar-refractivity contribution in [3.8, 4) is 0 Å². The van der Waals surface area contributed by atoms with Gasteiger partial charge in [0.15, 0.2) is 0 Å². The maximum absolute atomic E-state index is 12.7. The number of carbonyl (C=O) groups excluding carboxylic acids is 1. The third kappa shape index (κ3) is 3.04. The van der Waals surface area contributed by atoms with E-state index >= 15 is 0 Å². The molecule has 0 spiro atoms. The van der Waals surface area contributed by atoms with E-state index in [1.165, 1.54) is 17.5 Å². The molecule has 1 aliphatic carbocycles. The molecule has 2 heterocycles. The van der Waals surface area contributed by atoms with Crippen LogP contribution in [-0.2, 0) is 19.4 Å². The molecule has 4 heteroatoms. The molecule has 0 unspecified atom stereocenters. The van der Waals surface area contributed by atoms with Crippen LogP contribution in [0, 0.1) is 0 Å². The second kappa shape index (κ2) is 6.20. The highest BCUT2D eigenvalue weighted by Crippen LogP contribution is 2.23. The summed E-state index contributed by atoms with van der Waals surface area (Å²) in [6.45, 7) is 4.20. The highest BCUT2D eigenvalue weighted by molar-refractivity contribution is 5.94. The minimum absolute atomic E-state index is 0.178. The van der Waals surface area contributed by atoms with Crippen molar-refractivity contribution in [2.24, 2.45) is 0 Å². The van der Waals surface area contributed by atoms with Gasteiger partial charge in [0.2, 0.25) is 0 Å². The maximum Gasteiger partial charge on any atom is 0.253 e. The third-order valence-electron chi connectivity index (χ3n) is 4.96. The molecule has 4 nitrogen and oxygen atoms in total. The van der Waals surface area contributed by atoms with Gasteiger partial charge in [-0.25, -0.2) is 0 Å². The van der Waals surface area contributed by atoms with Gasteiger partial charge < -0.3 is 9.32 Å². The van der Waals surface area contributed by atoms with Crippen LogP contribution in [0.15, 0.2) is 41.0 Å². The van der Waals surface area contributed by atoms with E-state index in [0.717, 1.165) is 56.9 Å². The van der Waals surface area contributed by atoms with Crippen molar-refractivity contribution in [3.63, 3.8) is 0 Å². The number of fused-ring (bicyclic) bond motifs is 1. The number of furan rings is 1. The monoisotopic (exact) mass is 310 g/mol. The number of piperazine rings is 1. The Labute approximate surface area is 136 Å². The Hall–Kier alpha value is -2.07. The predicted molar refractivity (Wildman–Crippen MR) is 88.4 cm³/mol. The number of nitrogens with zero attached hydrogens (tertiary/aromatic N) is 2. The number of carbonyl (C=O) groups is 1. The quantitative estimate of drug-likeness (QED) is 0.874. The molecule has 4 rings (SSSR count). The number of amides is 1. The molecular formula is C19H22N2O2. The van der Waals surface area contributed by atoms with E-state index in [4.69, 9.17) is 4.42 Å². The molecule has 0 atom stereocenters. The zero-order chi connectivity index (χ0) is 15.6. The van der Waals surface area contributed by atoms with E-state index in [9.17, 15) is 4.79 Å². The standard InChI is InChI=1S/C19H22N2O2/c22-19(17-7-6-15-3-1-4-16(15)13-17)21-10-8-20(9-11-21)14-18-5-2-12-23-18/h2,5-7,12-13H,1,3-4,8-11,14H2. The average Bonchev–Trinajstić information content (AvgIpc) is 3.25. The first-order valence-electron chi connectivity index (χ1n) is 8.45. The van der Waals surface area contributed by atoms with Crippen molar-refractivity contribution in [2.75, 3.05) is 26.2 Å². The first-order valence-corrected chi connectivity index (χ1v) is 8.45. The molecule has 0 radical (unpaired) electrons. The van der Waals surface area contributed by atoms with Crippen LogP contribution in [0.3, 0.4) is 0 Å². The largest absolute Gasteiger partial charge is 0.468 e. The lowest BCUT2D eigenvalue weighted by Gasteiger charge is -2.34. The fourth-order valence-electron chi connectivity index (χ4n) is 3.62. The summed E-state index contributed by atoms with van der Waals surface area (Å²) in [5.41, 5.74) is 3.64. The Morgan fingerprint density at radius 3 is 2.65 bits per heavy atom. The van der Waals surface area contributed by atoms with Gasteiger partial charge in [0.05, 0.1) is 12.8 Å². The van der Waals surface area contributed by atoms with Gasteiger partial charge in [0.25, 0.3) is 5.91 Å². The summed E-state index contributed by atoms with van der Waals surface area (Å²) in [5.74, 6) is 1.17. The number of aryl methyl sites for hydroxylation is 2. The summed E-state index contributed by atoms with van der Waals surface area (Å²) in [6.07, 6.45) is 5.21. The van der Waals surface area contributed by atoms with E-state index < -0.39 is 0 Å². The topological polar surface area (TPSA) is 36.7 Å². The molecule has 1 saturated heterocycles. The Morgan fingerprint density at radius 1 is 1.04 bits per heavy atom. The van der Waals surface area contributed by atoms with Gasteiger partial charge in [0, 0.05) is 31.7 Å². The number of hydrogen-bond acceptors (Lipinski definition) is 3. The molecule has 2 aliphatic rings. The van der Waals surface area contributed by atoms with E-state index in [0.29, 0.717) is 0 Å². The van der Waals surface area contributed by atoms with E-state index in [-0.39, 0.29) is 5.91 Å². The van der Waals surface area contributed by atoms with Crippen molar-refractivity contribution in [3.05, 3.63) is 59.0 Å². The summed E-state index contributed by atoms with van der Waals surface area (Å²) in [6, 6.07) is 10.2. The van der Waals surface area contributed by atoms with Gasteiger partial charge in [-0.1, -0.05) is 6.07 Å². The maximum atomic E-state index is 12.7. The average molecular weight is 310 g/mol. The number of hydrogen-bond donors (Lipinski definition) is 0. The summed E-state index contributed by atoms with van der Waals surface area (Å²) in [5, 5.41) is 0. The minimum atomic E-state index is 0.178. The van der Waals surface area contributed by atoms with Gasteiger partial charge >= 0.3 is 0 Å². The van der Waals surface area contributed by atoms with E-state index in [2.05, 4.69) is 17.0 Å². The summed E-state index contributed by atoms with van der Waals surface area (Å²) < 4.78 is 5.40.